The molecule has 1 unspecified atom stereocenters. The first-order valence-corrected chi connectivity index (χ1v) is 5.95. The Labute approximate surface area is 62.3 Å². The summed E-state index contributed by atoms with van der Waals surface area (Å²) in [5.41, 5.74) is 0. The van der Waals surface area contributed by atoms with Crippen LogP contribution in [-0.4, -0.2) is 32.5 Å². The second kappa shape index (κ2) is 3.78. The molecule has 0 aliphatic rings. The summed E-state index contributed by atoms with van der Waals surface area (Å²) in [6.45, 7) is -1.05. The lowest BCUT2D eigenvalue weighted by Gasteiger charge is -2.09. The van der Waals surface area contributed by atoms with E-state index in [9.17, 15) is 9.13 Å². The number of rotatable bonds is 4. The molecule has 0 rings (SSSR count). The van der Waals surface area contributed by atoms with Crippen molar-refractivity contribution < 1.29 is 33.4 Å². The van der Waals surface area contributed by atoms with E-state index in [1.54, 1.807) is 0 Å². The number of hydrogen-bond acceptors (Lipinski definition) is 4. The van der Waals surface area contributed by atoms with Gasteiger partial charge in [-0.05, 0) is 0 Å². The van der Waals surface area contributed by atoms with Crippen molar-refractivity contribution in [3.63, 3.8) is 0 Å². The Morgan fingerprint density at radius 3 is 1.91 bits per heavy atom. The molecule has 0 amide bonds. The van der Waals surface area contributed by atoms with Gasteiger partial charge in [0.05, 0.1) is 0 Å². The number of aliphatic hydroxyl groups excluding tert-OH is 1. The molecule has 0 radical (unpaired) electrons. The molecule has 0 aromatic rings. The SMILES string of the molecule is O=P(O)(O)CP(=O)(O)OCO. The molecule has 0 spiro atoms. The van der Waals surface area contributed by atoms with Gasteiger partial charge in [-0.3, -0.25) is 13.7 Å². The molecular weight excluding hydrogens is 198 g/mol. The smallest absolute Gasteiger partial charge is 0.342 e. The molecule has 9 heteroatoms. The van der Waals surface area contributed by atoms with Crippen LogP contribution in [0, 0.1) is 0 Å². The van der Waals surface area contributed by atoms with E-state index in [-0.39, 0.29) is 0 Å². The van der Waals surface area contributed by atoms with Gasteiger partial charge in [0.1, 0.15) is 0 Å². The van der Waals surface area contributed by atoms with Crippen LogP contribution in [0.25, 0.3) is 0 Å². The van der Waals surface area contributed by atoms with Gasteiger partial charge in [-0.1, -0.05) is 0 Å². The van der Waals surface area contributed by atoms with Crippen LogP contribution in [0.3, 0.4) is 0 Å². The Kier molecular flexibility index (Phi) is 3.87. The fourth-order valence-corrected chi connectivity index (χ4v) is 2.73. The van der Waals surface area contributed by atoms with Gasteiger partial charge in [0.2, 0.25) is 0 Å². The maximum absolute atomic E-state index is 10.5. The molecule has 68 valence electrons. The molecule has 4 N–H and O–H groups in total. The maximum atomic E-state index is 10.5. The fourth-order valence-electron chi connectivity index (χ4n) is 0.364. The van der Waals surface area contributed by atoms with Crippen molar-refractivity contribution in [3.8, 4) is 0 Å². The van der Waals surface area contributed by atoms with E-state index < -0.39 is 27.9 Å². The summed E-state index contributed by atoms with van der Waals surface area (Å²) in [5.74, 6) is -1.28. The zero-order chi connectivity index (χ0) is 9.12. The first-order valence-electron chi connectivity index (χ1n) is 2.39. The summed E-state index contributed by atoms with van der Waals surface area (Å²) in [6.07, 6.45) is 0. The summed E-state index contributed by atoms with van der Waals surface area (Å²) in [6, 6.07) is 0. The molecule has 7 nitrogen and oxygen atoms in total. The lowest BCUT2D eigenvalue weighted by Crippen LogP contribution is -1.96. The Morgan fingerprint density at radius 1 is 1.18 bits per heavy atom. The summed E-state index contributed by atoms with van der Waals surface area (Å²) in [7, 11) is -8.89. The average Bonchev–Trinajstić information content (AvgIpc) is 1.55. The molecule has 0 saturated heterocycles. The van der Waals surface area contributed by atoms with Crippen molar-refractivity contribution in [1.29, 1.82) is 0 Å². The van der Waals surface area contributed by atoms with Crippen LogP contribution in [0.2, 0.25) is 0 Å². The van der Waals surface area contributed by atoms with Gasteiger partial charge in [0.15, 0.2) is 12.7 Å². The van der Waals surface area contributed by atoms with E-state index in [0.717, 1.165) is 0 Å². The molecule has 0 fully saturated rings. The largest absolute Gasteiger partial charge is 0.370 e. The Balaban J connectivity index is 4.14. The van der Waals surface area contributed by atoms with Crippen LogP contribution < -0.4 is 0 Å². The van der Waals surface area contributed by atoms with Crippen molar-refractivity contribution >= 4 is 15.2 Å². The molecule has 0 aliphatic heterocycles. The normalized spacial score (nSPS) is 17.8. The third-order valence-corrected chi connectivity index (χ3v) is 4.04. The maximum Gasteiger partial charge on any atom is 0.342 e. The zero-order valence-electron chi connectivity index (χ0n) is 5.32. The lowest BCUT2D eigenvalue weighted by molar-refractivity contribution is 0.0874. The highest BCUT2D eigenvalue weighted by atomic mass is 31.2. The summed E-state index contributed by atoms with van der Waals surface area (Å²) in [5, 5.41) is 7.99. The Bertz CT molecular complexity index is 204. The van der Waals surface area contributed by atoms with Crippen LogP contribution in [0.15, 0.2) is 0 Å². The van der Waals surface area contributed by atoms with E-state index in [0.29, 0.717) is 0 Å². The van der Waals surface area contributed by atoms with Crippen LogP contribution in [-0.2, 0) is 13.7 Å². The monoisotopic (exact) mass is 206 g/mol. The molecule has 0 saturated carbocycles. The van der Waals surface area contributed by atoms with Gasteiger partial charge in [-0.15, -0.1) is 0 Å². The van der Waals surface area contributed by atoms with Gasteiger partial charge in [0, 0.05) is 0 Å². The van der Waals surface area contributed by atoms with Crippen molar-refractivity contribution in [3.05, 3.63) is 0 Å². The fraction of sp³-hybridized carbons (Fsp3) is 1.00. The highest BCUT2D eigenvalue weighted by molar-refractivity contribution is 7.70. The predicted molar refractivity (Wildman–Crippen MR) is 34.9 cm³/mol. The highest BCUT2D eigenvalue weighted by Gasteiger charge is 2.30. The van der Waals surface area contributed by atoms with Crippen molar-refractivity contribution in [1.82, 2.24) is 0 Å². The Hall–Kier alpha value is 0.260. The van der Waals surface area contributed by atoms with Crippen LogP contribution in [0.4, 0.5) is 0 Å². The van der Waals surface area contributed by atoms with Gasteiger partial charge in [-0.2, -0.15) is 0 Å². The molecule has 0 bridgehead atoms. The van der Waals surface area contributed by atoms with Gasteiger partial charge in [-0.25, -0.2) is 0 Å². The summed E-state index contributed by atoms with van der Waals surface area (Å²) >= 11 is 0. The molecule has 0 heterocycles. The third kappa shape index (κ3) is 6.65. The average molecular weight is 206 g/mol. The predicted octanol–water partition coefficient (Wildman–Crippen LogP) is -0.727. The summed E-state index contributed by atoms with van der Waals surface area (Å²) < 4.78 is 24.4. The van der Waals surface area contributed by atoms with Crippen LogP contribution in [0.1, 0.15) is 0 Å². The van der Waals surface area contributed by atoms with E-state index in [4.69, 9.17) is 19.8 Å². The first kappa shape index (κ1) is 11.3. The van der Waals surface area contributed by atoms with Crippen LogP contribution in [0.5, 0.6) is 0 Å². The standard InChI is InChI=1S/C2H8O7P2/c3-1-9-11(7,8)2-10(4,5)6/h3H,1-2H2,(H,7,8)(H2,4,5,6). The quantitative estimate of drug-likeness (QED) is 0.353. The van der Waals surface area contributed by atoms with E-state index >= 15 is 0 Å². The number of aliphatic hydroxyl groups is 1. The topological polar surface area (TPSA) is 124 Å². The van der Waals surface area contributed by atoms with Gasteiger partial charge >= 0.3 is 15.2 Å². The van der Waals surface area contributed by atoms with Crippen molar-refractivity contribution in [2.24, 2.45) is 0 Å². The first-order chi connectivity index (χ1) is 4.77. The highest BCUT2D eigenvalue weighted by Crippen LogP contribution is 2.54. The van der Waals surface area contributed by atoms with E-state index in [1.165, 1.54) is 0 Å². The Morgan fingerprint density at radius 2 is 1.64 bits per heavy atom. The minimum absolute atomic E-state index is 1.05. The van der Waals surface area contributed by atoms with Crippen molar-refractivity contribution in [2.75, 3.05) is 12.7 Å². The molecule has 11 heavy (non-hydrogen) atoms. The second-order valence-corrected chi connectivity index (χ2v) is 5.70. The minimum Gasteiger partial charge on any atom is -0.370 e. The molecule has 0 aromatic heterocycles. The second-order valence-electron chi connectivity index (χ2n) is 1.70. The lowest BCUT2D eigenvalue weighted by atomic mass is 11.6. The van der Waals surface area contributed by atoms with Crippen molar-refractivity contribution in [2.45, 2.75) is 0 Å². The molecule has 0 aliphatic carbocycles. The minimum atomic E-state index is -4.57. The third-order valence-electron chi connectivity index (χ3n) is 0.622. The molecule has 0 aromatic carbocycles. The van der Waals surface area contributed by atoms with E-state index in [2.05, 4.69) is 4.52 Å². The van der Waals surface area contributed by atoms with Gasteiger partial charge < -0.3 is 19.8 Å². The molecule has 1 atom stereocenters. The zero-order valence-corrected chi connectivity index (χ0v) is 7.11. The van der Waals surface area contributed by atoms with Gasteiger partial charge in [0.25, 0.3) is 0 Å². The number of hydrogen-bond donors (Lipinski definition) is 4. The summed E-state index contributed by atoms with van der Waals surface area (Å²) in [4.78, 5) is 24.9. The van der Waals surface area contributed by atoms with E-state index in [1.807, 2.05) is 0 Å². The van der Waals surface area contributed by atoms with Crippen LogP contribution >= 0.6 is 15.2 Å². The molecular formula is C2H8O7P2.